The summed E-state index contributed by atoms with van der Waals surface area (Å²) in [6.45, 7) is 3.97. The number of hydrogen-bond acceptors (Lipinski definition) is 1. The summed E-state index contributed by atoms with van der Waals surface area (Å²) < 4.78 is 37.5. The number of benzene rings is 1. The standard InChI is InChI=1S/C16H22F3N3.HI/c1-2-20-15(21-10-9-12-3-4-12)22-11-13-5-7-14(8-6-13)16(17,18)19;/h5-8,12H,2-4,9-11H2,1H3,(H2,20,21,22);1H. The number of nitrogens with one attached hydrogen (secondary N) is 2. The van der Waals surface area contributed by atoms with Crippen LogP contribution >= 0.6 is 24.0 Å². The minimum Gasteiger partial charge on any atom is -0.357 e. The van der Waals surface area contributed by atoms with E-state index in [1.165, 1.54) is 25.0 Å². The fourth-order valence-corrected chi connectivity index (χ4v) is 2.11. The van der Waals surface area contributed by atoms with Gasteiger partial charge in [0.05, 0.1) is 12.1 Å². The summed E-state index contributed by atoms with van der Waals surface area (Å²) in [6, 6.07) is 5.14. The molecule has 0 atom stereocenters. The first-order valence-corrected chi connectivity index (χ1v) is 7.67. The van der Waals surface area contributed by atoms with Crippen LogP contribution in [0.4, 0.5) is 13.2 Å². The highest BCUT2D eigenvalue weighted by molar-refractivity contribution is 14.0. The highest BCUT2D eigenvalue weighted by Gasteiger charge is 2.29. The second-order valence-electron chi connectivity index (χ2n) is 5.55. The Kier molecular flexibility index (Phi) is 8.15. The van der Waals surface area contributed by atoms with Crippen molar-refractivity contribution in [2.75, 3.05) is 13.1 Å². The summed E-state index contributed by atoms with van der Waals surface area (Å²) >= 11 is 0. The lowest BCUT2D eigenvalue weighted by Gasteiger charge is -2.11. The maximum atomic E-state index is 12.5. The van der Waals surface area contributed by atoms with E-state index >= 15 is 0 Å². The van der Waals surface area contributed by atoms with Gasteiger partial charge in [0.2, 0.25) is 0 Å². The molecule has 0 amide bonds. The van der Waals surface area contributed by atoms with Crippen LogP contribution in [0, 0.1) is 5.92 Å². The maximum Gasteiger partial charge on any atom is 0.416 e. The van der Waals surface area contributed by atoms with E-state index in [1.54, 1.807) is 0 Å². The molecular weight excluding hydrogens is 418 g/mol. The average molecular weight is 441 g/mol. The smallest absolute Gasteiger partial charge is 0.357 e. The molecule has 1 aromatic rings. The summed E-state index contributed by atoms with van der Waals surface area (Å²) in [6.07, 6.45) is -0.506. The molecule has 1 fully saturated rings. The van der Waals surface area contributed by atoms with Crippen LogP contribution in [0.5, 0.6) is 0 Å². The van der Waals surface area contributed by atoms with Gasteiger partial charge < -0.3 is 10.6 Å². The molecule has 3 nitrogen and oxygen atoms in total. The molecule has 1 aromatic carbocycles. The molecule has 0 radical (unpaired) electrons. The molecule has 7 heteroatoms. The average Bonchev–Trinajstić information content (AvgIpc) is 3.28. The summed E-state index contributed by atoms with van der Waals surface area (Å²) in [7, 11) is 0. The first-order valence-electron chi connectivity index (χ1n) is 7.67. The van der Waals surface area contributed by atoms with Gasteiger partial charge in [-0.3, -0.25) is 0 Å². The first-order chi connectivity index (χ1) is 10.5. The maximum absolute atomic E-state index is 12.5. The molecule has 0 bridgehead atoms. The Bertz CT molecular complexity index is 496. The monoisotopic (exact) mass is 441 g/mol. The number of rotatable bonds is 6. The zero-order chi connectivity index (χ0) is 16.0. The van der Waals surface area contributed by atoms with Crippen molar-refractivity contribution in [1.82, 2.24) is 10.6 Å². The van der Waals surface area contributed by atoms with Crippen molar-refractivity contribution >= 4 is 29.9 Å². The molecule has 1 saturated carbocycles. The number of hydrogen-bond donors (Lipinski definition) is 2. The van der Waals surface area contributed by atoms with Gasteiger partial charge >= 0.3 is 6.18 Å². The SMILES string of the molecule is CCNC(=NCc1ccc(C(F)(F)F)cc1)NCCC1CC1.I. The molecule has 23 heavy (non-hydrogen) atoms. The Labute approximate surface area is 152 Å². The van der Waals surface area contributed by atoms with E-state index in [0.29, 0.717) is 12.5 Å². The molecule has 0 unspecified atom stereocenters. The van der Waals surface area contributed by atoms with Gasteiger partial charge in [0.15, 0.2) is 5.96 Å². The quantitative estimate of drug-likeness (QED) is 0.395. The molecular formula is C16H23F3IN3. The van der Waals surface area contributed by atoms with Gasteiger partial charge in [-0.15, -0.1) is 24.0 Å². The van der Waals surface area contributed by atoms with E-state index in [4.69, 9.17) is 0 Å². The van der Waals surface area contributed by atoms with Gasteiger partial charge in [-0.05, 0) is 37.0 Å². The number of guanidine groups is 1. The lowest BCUT2D eigenvalue weighted by atomic mass is 10.1. The molecule has 0 spiro atoms. The Morgan fingerprint density at radius 2 is 1.83 bits per heavy atom. The van der Waals surface area contributed by atoms with Gasteiger partial charge in [0.25, 0.3) is 0 Å². The van der Waals surface area contributed by atoms with E-state index in [9.17, 15) is 13.2 Å². The highest BCUT2D eigenvalue weighted by atomic mass is 127. The molecule has 0 heterocycles. The molecule has 130 valence electrons. The van der Waals surface area contributed by atoms with Crippen molar-refractivity contribution in [3.8, 4) is 0 Å². The fraction of sp³-hybridized carbons (Fsp3) is 0.562. The fourth-order valence-electron chi connectivity index (χ4n) is 2.11. The molecule has 1 aliphatic rings. The van der Waals surface area contributed by atoms with E-state index in [-0.39, 0.29) is 24.0 Å². The zero-order valence-electron chi connectivity index (χ0n) is 13.1. The molecule has 0 saturated heterocycles. The summed E-state index contributed by atoms with van der Waals surface area (Å²) in [4.78, 5) is 4.41. The minimum atomic E-state index is -4.29. The van der Waals surface area contributed by atoms with Crippen molar-refractivity contribution < 1.29 is 13.2 Å². The topological polar surface area (TPSA) is 36.4 Å². The summed E-state index contributed by atoms with van der Waals surface area (Å²) in [5.74, 6) is 1.56. The molecule has 0 aliphatic heterocycles. The van der Waals surface area contributed by atoms with Crippen molar-refractivity contribution in [1.29, 1.82) is 0 Å². The number of alkyl halides is 3. The third-order valence-electron chi connectivity index (χ3n) is 3.59. The van der Waals surface area contributed by atoms with Crippen LogP contribution in [0.25, 0.3) is 0 Å². The third-order valence-corrected chi connectivity index (χ3v) is 3.59. The number of nitrogens with zero attached hydrogens (tertiary/aromatic N) is 1. The van der Waals surface area contributed by atoms with Crippen LogP contribution in [0.2, 0.25) is 0 Å². The van der Waals surface area contributed by atoms with E-state index < -0.39 is 11.7 Å². The number of aliphatic imine (C=N–C) groups is 1. The number of halogens is 4. The molecule has 2 N–H and O–H groups in total. The predicted molar refractivity (Wildman–Crippen MR) is 97.0 cm³/mol. The molecule has 1 aliphatic carbocycles. The third kappa shape index (κ3) is 7.41. The Hall–Kier alpha value is -0.990. The van der Waals surface area contributed by atoms with Gasteiger partial charge in [-0.2, -0.15) is 13.2 Å². The van der Waals surface area contributed by atoms with Crippen LogP contribution in [0.1, 0.15) is 37.3 Å². The second kappa shape index (κ2) is 9.34. The highest BCUT2D eigenvalue weighted by Crippen LogP contribution is 2.31. The van der Waals surface area contributed by atoms with E-state index in [2.05, 4.69) is 15.6 Å². The molecule has 0 aromatic heterocycles. The van der Waals surface area contributed by atoms with Crippen molar-refractivity contribution in [2.45, 2.75) is 38.9 Å². The minimum absolute atomic E-state index is 0. The predicted octanol–water partition coefficient (Wildman–Crippen LogP) is 4.18. The van der Waals surface area contributed by atoms with Gasteiger partial charge in [0, 0.05) is 13.1 Å². The van der Waals surface area contributed by atoms with E-state index in [1.807, 2.05) is 6.92 Å². The Balaban J connectivity index is 0.00000264. The Morgan fingerprint density at radius 1 is 1.17 bits per heavy atom. The second-order valence-corrected chi connectivity index (χ2v) is 5.55. The first kappa shape index (κ1) is 20.1. The van der Waals surface area contributed by atoms with Gasteiger partial charge in [0.1, 0.15) is 0 Å². The van der Waals surface area contributed by atoms with Crippen LogP contribution in [-0.2, 0) is 12.7 Å². The van der Waals surface area contributed by atoms with Crippen LogP contribution in [0.3, 0.4) is 0 Å². The van der Waals surface area contributed by atoms with E-state index in [0.717, 1.165) is 43.1 Å². The van der Waals surface area contributed by atoms with Crippen molar-refractivity contribution in [2.24, 2.45) is 10.9 Å². The van der Waals surface area contributed by atoms with Crippen molar-refractivity contribution in [3.05, 3.63) is 35.4 Å². The van der Waals surface area contributed by atoms with Crippen LogP contribution in [0.15, 0.2) is 29.3 Å². The van der Waals surface area contributed by atoms with Crippen LogP contribution < -0.4 is 10.6 Å². The zero-order valence-corrected chi connectivity index (χ0v) is 15.4. The van der Waals surface area contributed by atoms with Crippen LogP contribution in [-0.4, -0.2) is 19.0 Å². The van der Waals surface area contributed by atoms with Gasteiger partial charge in [-0.25, -0.2) is 4.99 Å². The normalized spacial score (nSPS) is 15.0. The Morgan fingerprint density at radius 3 is 2.35 bits per heavy atom. The summed E-state index contributed by atoms with van der Waals surface area (Å²) in [5, 5.41) is 6.40. The van der Waals surface area contributed by atoms with Crippen molar-refractivity contribution in [3.63, 3.8) is 0 Å². The lowest BCUT2D eigenvalue weighted by Crippen LogP contribution is -2.37. The van der Waals surface area contributed by atoms with Gasteiger partial charge in [-0.1, -0.05) is 25.0 Å². The largest absolute Gasteiger partial charge is 0.416 e. The lowest BCUT2D eigenvalue weighted by molar-refractivity contribution is -0.137. The summed E-state index contributed by atoms with van der Waals surface area (Å²) in [5.41, 5.74) is 0.127. The molecule has 2 rings (SSSR count).